The summed E-state index contributed by atoms with van der Waals surface area (Å²) in [5.74, 6) is 1.52. The van der Waals surface area contributed by atoms with Gasteiger partial charge in [0.15, 0.2) is 5.78 Å². The van der Waals surface area contributed by atoms with E-state index in [2.05, 4.69) is 32.6 Å². The molecular formula is C25H39NO2S. The maximum absolute atomic E-state index is 12.5. The first-order valence-electron chi connectivity index (χ1n) is 11.6. The zero-order chi connectivity index (χ0) is 21.0. The summed E-state index contributed by atoms with van der Waals surface area (Å²) in [4.78, 5) is 29.4. The highest BCUT2D eigenvalue weighted by atomic mass is 32.1. The molecule has 0 saturated carbocycles. The molecule has 0 spiro atoms. The summed E-state index contributed by atoms with van der Waals surface area (Å²) in [5.41, 5.74) is 0.241. The van der Waals surface area contributed by atoms with Crippen LogP contribution in [0.2, 0.25) is 0 Å². The van der Waals surface area contributed by atoms with Gasteiger partial charge in [0.25, 0.3) is 0 Å². The normalized spacial score (nSPS) is 24.8. The predicted molar refractivity (Wildman–Crippen MR) is 122 cm³/mol. The van der Waals surface area contributed by atoms with Crippen LogP contribution in [0.4, 0.5) is 0 Å². The zero-order valence-electron chi connectivity index (χ0n) is 18.8. The number of thiophene rings is 1. The van der Waals surface area contributed by atoms with E-state index in [4.69, 9.17) is 0 Å². The molecule has 0 aromatic carbocycles. The maximum atomic E-state index is 12.5. The Balaban J connectivity index is 1.36. The van der Waals surface area contributed by atoms with Crippen molar-refractivity contribution >= 4 is 22.9 Å². The Labute approximate surface area is 181 Å². The van der Waals surface area contributed by atoms with Crippen LogP contribution in [0, 0.1) is 18.3 Å². The molecule has 3 rings (SSSR count). The van der Waals surface area contributed by atoms with E-state index in [1.54, 1.807) is 11.3 Å². The van der Waals surface area contributed by atoms with Crippen molar-refractivity contribution in [3.05, 3.63) is 21.9 Å². The van der Waals surface area contributed by atoms with Gasteiger partial charge in [-0.25, -0.2) is 0 Å². The molecule has 162 valence electrons. The van der Waals surface area contributed by atoms with Gasteiger partial charge in [0.1, 0.15) is 5.78 Å². The fourth-order valence-corrected chi connectivity index (χ4v) is 5.94. The highest BCUT2D eigenvalue weighted by Crippen LogP contribution is 2.40. The summed E-state index contributed by atoms with van der Waals surface area (Å²) in [7, 11) is 0. The molecule has 29 heavy (non-hydrogen) atoms. The number of Topliss-reactive ketones (excluding diaryl/α,β-unsaturated/α-hetero) is 2. The molecular weight excluding hydrogens is 378 g/mol. The molecule has 0 unspecified atom stereocenters. The van der Waals surface area contributed by atoms with E-state index in [-0.39, 0.29) is 5.41 Å². The average molecular weight is 418 g/mol. The summed E-state index contributed by atoms with van der Waals surface area (Å²) in [5, 5.41) is 0. The first-order valence-corrected chi connectivity index (χ1v) is 12.4. The van der Waals surface area contributed by atoms with Crippen molar-refractivity contribution in [2.45, 2.75) is 104 Å². The van der Waals surface area contributed by atoms with Crippen molar-refractivity contribution in [2.75, 3.05) is 6.54 Å². The monoisotopic (exact) mass is 417 g/mol. The van der Waals surface area contributed by atoms with Crippen LogP contribution in [0.3, 0.4) is 0 Å². The fourth-order valence-electron chi connectivity index (χ4n) is 5.10. The predicted octanol–water partition coefficient (Wildman–Crippen LogP) is 6.44. The van der Waals surface area contributed by atoms with Crippen LogP contribution in [-0.2, 0) is 4.79 Å². The number of hydrogen-bond donors (Lipinski definition) is 0. The van der Waals surface area contributed by atoms with Crippen molar-refractivity contribution in [3.63, 3.8) is 0 Å². The van der Waals surface area contributed by atoms with Crippen LogP contribution in [0.25, 0.3) is 0 Å². The quantitative estimate of drug-likeness (QED) is 0.325. The van der Waals surface area contributed by atoms with Gasteiger partial charge < -0.3 is 0 Å². The lowest BCUT2D eigenvalue weighted by molar-refractivity contribution is -0.122. The maximum Gasteiger partial charge on any atom is 0.172 e. The topological polar surface area (TPSA) is 37.4 Å². The molecule has 1 aromatic heterocycles. The van der Waals surface area contributed by atoms with Gasteiger partial charge in [-0.2, -0.15) is 0 Å². The van der Waals surface area contributed by atoms with Crippen LogP contribution in [0.15, 0.2) is 12.1 Å². The fraction of sp³-hybridized carbons (Fsp3) is 0.760. The molecule has 1 aromatic rings. The van der Waals surface area contributed by atoms with Gasteiger partial charge in [0.05, 0.1) is 11.4 Å². The number of aryl methyl sites for hydroxylation is 1. The molecule has 2 aliphatic heterocycles. The summed E-state index contributed by atoms with van der Waals surface area (Å²) in [6.45, 7) is 9.37. The molecule has 2 bridgehead atoms. The second-order valence-electron chi connectivity index (χ2n) is 10.6. The highest BCUT2D eigenvalue weighted by Gasteiger charge is 2.40. The van der Waals surface area contributed by atoms with Crippen molar-refractivity contribution in [3.8, 4) is 0 Å². The molecule has 2 fully saturated rings. The summed E-state index contributed by atoms with van der Waals surface area (Å²) in [6, 6.07) is 5.24. The van der Waals surface area contributed by atoms with Crippen LogP contribution < -0.4 is 0 Å². The Morgan fingerprint density at radius 1 is 1.07 bits per heavy atom. The first kappa shape index (κ1) is 22.7. The van der Waals surface area contributed by atoms with Crippen molar-refractivity contribution in [1.29, 1.82) is 0 Å². The van der Waals surface area contributed by atoms with E-state index >= 15 is 0 Å². The Kier molecular flexibility index (Phi) is 7.72. The SMILES string of the molecule is Cc1ccc(C(=O)CCCC[C@@H]2C[C@H]3CC[C@@H](C2)N3CC(=O)CCC(C)(C)C)s1. The van der Waals surface area contributed by atoms with Gasteiger partial charge in [-0.1, -0.05) is 33.6 Å². The number of piperidine rings is 1. The lowest BCUT2D eigenvalue weighted by Crippen LogP contribution is -2.45. The first-order chi connectivity index (χ1) is 13.7. The molecule has 3 heterocycles. The number of hydrogen-bond acceptors (Lipinski definition) is 4. The van der Waals surface area contributed by atoms with Gasteiger partial charge in [0.2, 0.25) is 0 Å². The Hall–Kier alpha value is -1.00. The minimum Gasteiger partial charge on any atom is -0.298 e. The summed E-state index contributed by atoms with van der Waals surface area (Å²) in [6.07, 6.45) is 10.9. The van der Waals surface area contributed by atoms with Crippen LogP contribution >= 0.6 is 11.3 Å². The Morgan fingerprint density at radius 2 is 1.76 bits per heavy atom. The van der Waals surface area contributed by atoms with E-state index in [1.165, 1.54) is 37.0 Å². The van der Waals surface area contributed by atoms with Gasteiger partial charge in [-0.05, 0) is 68.9 Å². The largest absolute Gasteiger partial charge is 0.298 e. The Morgan fingerprint density at radius 3 is 2.34 bits per heavy atom. The third-order valence-electron chi connectivity index (χ3n) is 6.78. The van der Waals surface area contributed by atoms with Crippen LogP contribution in [0.1, 0.15) is 99.5 Å². The van der Waals surface area contributed by atoms with E-state index in [0.717, 1.165) is 36.5 Å². The number of carbonyl (C=O) groups is 2. The van der Waals surface area contributed by atoms with Gasteiger partial charge in [0, 0.05) is 29.8 Å². The van der Waals surface area contributed by atoms with Crippen molar-refractivity contribution < 1.29 is 9.59 Å². The molecule has 2 saturated heterocycles. The van der Waals surface area contributed by atoms with Crippen LogP contribution in [-0.4, -0.2) is 35.1 Å². The van der Waals surface area contributed by atoms with E-state index < -0.39 is 0 Å². The Bertz CT molecular complexity index is 688. The number of rotatable bonds is 10. The minimum atomic E-state index is 0.241. The highest BCUT2D eigenvalue weighted by molar-refractivity contribution is 7.14. The lowest BCUT2D eigenvalue weighted by Gasteiger charge is -2.38. The number of ketones is 2. The van der Waals surface area contributed by atoms with Gasteiger partial charge in [-0.15, -0.1) is 11.3 Å². The molecule has 3 nitrogen and oxygen atoms in total. The molecule has 2 aliphatic rings. The molecule has 0 amide bonds. The van der Waals surface area contributed by atoms with Gasteiger partial charge in [-0.3, -0.25) is 14.5 Å². The van der Waals surface area contributed by atoms with E-state index in [1.807, 2.05) is 12.1 Å². The zero-order valence-corrected chi connectivity index (χ0v) is 19.7. The van der Waals surface area contributed by atoms with Crippen LogP contribution in [0.5, 0.6) is 0 Å². The average Bonchev–Trinajstić information content (AvgIpc) is 3.17. The van der Waals surface area contributed by atoms with E-state index in [0.29, 0.717) is 36.6 Å². The molecule has 0 N–H and O–H groups in total. The third kappa shape index (κ3) is 6.75. The number of unbranched alkanes of at least 4 members (excludes halogenated alkanes) is 1. The molecule has 0 radical (unpaired) electrons. The van der Waals surface area contributed by atoms with E-state index in [9.17, 15) is 9.59 Å². The second-order valence-corrected chi connectivity index (χ2v) is 11.9. The number of nitrogens with zero attached hydrogens (tertiary/aromatic N) is 1. The van der Waals surface area contributed by atoms with Crippen molar-refractivity contribution in [1.82, 2.24) is 4.90 Å². The standard InChI is InChI=1S/C25H39NO2S/c1-18-9-12-24(29-18)23(28)8-6-5-7-19-15-20-10-11-21(16-19)26(20)17-22(27)13-14-25(2,3)4/h9,12,19-21H,5-8,10-11,13-17H2,1-4H3/t19-,20-,21+. The van der Waals surface area contributed by atoms with Crippen molar-refractivity contribution in [2.24, 2.45) is 11.3 Å². The third-order valence-corrected chi connectivity index (χ3v) is 7.82. The lowest BCUT2D eigenvalue weighted by atomic mass is 9.86. The molecule has 0 aliphatic carbocycles. The smallest absolute Gasteiger partial charge is 0.172 e. The number of carbonyl (C=O) groups excluding carboxylic acids is 2. The second kappa shape index (κ2) is 9.87. The molecule has 3 atom stereocenters. The van der Waals surface area contributed by atoms with Gasteiger partial charge >= 0.3 is 0 Å². The summed E-state index contributed by atoms with van der Waals surface area (Å²) >= 11 is 1.62. The minimum absolute atomic E-state index is 0.241. The summed E-state index contributed by atoms with van der Waals surface area (Å²) < 4.78 is 0. The molecule has 4 heteroatoms. The number of fused-ring (bicyclic) bond motifs is 2.